The van der Waals surface area contributed by atoms with Gasteiger partial charge >= 0.3 is 0 Å². The molecule has 0 aliphatic carbocycles. The zero-order chi connectivity index (χ0) is 20.1. The normalized spacial score (nSPS) is 18.2. The number of methoxy groups -OCH3 is 1. The molecule has 0 radical (unpaired) electrons. The third-order valence-electron chi connectivity index (χ3n) is 5.97. The molecule has 0 N–H and O–H groups in total. The van der Waals surface area contributed by atoms with E-state index in [1.54, 1.807) is 7.11 Å². The summed E-state index contributed by atoms with van der Waals surface area (Å²) >= 11 is 0. The molecule has 5 heteroatoms. The molecule has 2 heterocycles. The Kier molecular flexibility index (Phi) is 6.35. The Morgan fingerprint density at radius 2 is 1.76 bits per heavy atom. The number of amides is 1. The van der Waals surface area contributed by atoms with E-state index in [4.69, 9.17) is 9.47 Å². The van der Waals surface area contributed by atoms with E-state index < -0.39 is 0 Å². The molecule has 0 atom stereocenters. The van der Waals surface area contributed by atoms with Crippen molar-refractivity contribution in [2.45, 2.75) is 31.8 Å². The number of nitrogens with zero attached hydrogens (tertiary/aromatic N) is 2. The Hall–Kier alpha value is -2.53. The second-order valence-electron chi connectivity index (χ2n) is 7.89. The van der Waals surface area contributed by atoms with Crippen LogP contribution in [0.2, 0.25) is 0 Å². The van der Waals surface area contributed by atoms with Crippen LogP contribution >= 0.6 is 0 Å². The summed E-state index contributed by atoms with van der Waals surface area (Å²) in [5, 5.41) is 0. The first-order valence-electron chi connectivity index (χ1n) is 10.6. The van der Waals surface area contributed by atoms with Crippen LogP contribution in [0.3, 0.4) is 0 Å². The minimum atomic E-state index is 0.189. The number of likely N-dealkylation sites (tertiary alicyclic amines) is 1. The number of piperidine rings is 1. The number of ether oxygens (including phenoxy) is 2. The predicted octanol–water partition coefficient (Wildman–Crippen LogP) is 3.63. The van der Waals surface area contributed by atoms with Gasteiger partial charge in [-0.3, -0.25) is 4.79 Å². The lowest BCUT2D eigenvalue weighted by molar-refractivity contribution is 0.0686. The summed E-state index contributed by atoms with van der Waals surface area (Å²) in [6.45, 7) is 4.60. The summed E-state index contributed by atoms with van der Waals surface area (Å²) in [5.41, 5.74) is 2.07. The van der Waals surface area contributed by atoms with E-state index in [1.807, 2.05) is 47.4 Å². The average molecular weight is 395 g/mol. The van der Waals surface area contributed by atoms with Gasteiger partial charge in [0.1, 0.15) is 17.6 Å². The summed E-state index contributed by atoms with van der Waals surface area (Å²) in [6, 6.07) is 15.9. The van der Waals surface area contributed by atoms with Gasteiger partial charge in [-0.1, -0.05) is 24.3 Å². The first-order valence-corrected chi connectivity index (χ1v) is 10.6. The summed E-state index contributed by atoms with van der Waals surface area (Å²) in [4.78, 5) is 17.4. The van der Waals surface area contributed by atoms with E-state index in [2.05, 4.69) is 11.0 Å². The highest BCUT2D eigenvalue weighted by atomic mass is 16.5. The van der Waals surface area contributed by atoms with Crippen molar-refractivity contribution in [2.24, 2.45) is 0 Å². The SMILES string of the molecule is COc1cccc(OC2CCN(CCN3CCCc4ccccc4C3=O)CC2)c1. The summed E-state index contributed by atoms with van der Waals surface area (Å²) < 4.78 is 11.4. The van der Waals surface area contributed by atoms with Crippen LogP contribution in [0.15, 0.2) is 48.5 Å². The third kappa shape index (κ3) is 4.91. The quantitative estimate of drug-likeness (QED) is 0.750. The van der Waals surface area contributed by atoms with E-state index in [1.165, 1.54) is 5.56 Å². The summed E-state index contributed by atoms with van der Waals surface area (Å²) in [5.74, 6) is 1.88. The van der Waals surface area contributed by atoms with Crippen molar-refractivity contribution < 1.29 is 14.3 Å². The standard InChI is InChI=1S/C24H30N2O3/c1-28-21-8-4-9-22(18-21)29-20-11-14-25(15-12-20)16-17-26-13-5-7-19-6-2-3-10-23(19)24(26)27/h2-4,6,8-10,18,20H,5,7,11-17H2,1H3. The molecule has 5 nitrogen and oxygen atoms in total. The largest absolute Gasteiger partial charge is 0.497 e. The van der Waals surface area contributed by atoms with Crippen LogP contribution in [0.4, 0.5) is 0 Å². The zero-order valence-electron chi connectivity index (χ0n) is 17.2. The van der Waals surface area contributed by atoms with Gasteiger partial charge in [0.25, 0.3) is 5.91 Å². The number of carbonyl (C=O) groups excluding carboxylic acids is 1. The molecule has 2 aliphatic heterocycles. The molecule has 1 amide bonds. The molecule has 4 rings (SSSR count). The van der Waals surface area contributed by atoms with Gasteiger partial charge in [-0.2, -0.15) is 0 Å². The number of hydrogen-bond acceptors (Lipinski definition) is 4. The molecular weight excluding hydrogens is 364 g/mol. The molecule has 2 aromatic rings. The van der Waals surface area contributed by atoms with Crippen LogP contribution < -0.4 is 9.47 Å². The zero-order valence-corrected chi connectivity index (χ0v) is 17.2. The van der Waals surface area contributed by atoms with Gasteiger partial charge in [0.2, 0.25) is 0 Å². The number of rotatable bonds is 6. The van der Waals surface area contributed by atoms with E-state index in [9.17, 15) is 4.79 Å². The fourth-order valence-corrected chi connectivity index (χ4v) is 4.27. The fraction of sp³-hybridized carbons (Fsp3) is 0.458. The lowest BCUT2D eigenvalue weighted by Crippen LogP contribution is -2.43. The molecule has 29 heavy (non-hydrogen) atoms. The molecule has 2 aromatic carbocycles. The van der Waals surface area contributed by atoms with Crippen molar-refractivity contribution in [1.29, 1.82) is 0 Å². The minimum absolute atomic E-state index is 0.189. The molecule has 0 unspecified atom stereocenters. The number of fused-ring (bicyclic) bond motifs is 1. The average Bonchev–Trinajstić information content (AvgIpc) is 2.92. The van der Waals surface area contributed by atoms with E-state index in [-0.39, 0.29) is 12.0 Å². The molecule has 0 aromatic heterocycles. The Morgan fingerprint density at radius 1 is 0.966 bits per heavy atom. The Labute approximate surface area is 173 Å². The van der Waals surface area contributed by atoms with Gasteiger partial charge < -0.3 is 19.3 Å². The highest BCUT2D eigenvalue weighted by molar-refractivity contribution is 5.96. The van der Waals surface area contributed by atoms with Gasteiger partial charge in [0, 0.05) is 44.4 Å². The van der Waals surface area contributed by atoms with Crippen LogP contribution in [-0.4, -0.2) is 61.6 Å². The van der Waals surface area contributed by atoms with Crippen molar-refractivity contribution in [2.75, 3.05) is 39.8 Å². The second kappa shape index (κ2) is 9.31. The third-order valence-corrected chi connectivity index (χ3v) is 5.97. The lowest BCUT2D eigenvalue weighted by atomic mass is 10.0. The number of hydrogen-bond donors (Lipinski definition) is 0. The predicted molar refractivity (Wildman–Crippen MR) is 114 cm³/mol. The molecule has 0 bridgehead atoms. The summed E-state index contributed by atoms with van der Waals surface area (Å²) in [6.07, 6.45) is 4.29. The van der Waals surface area contributed by atoms with Crippen molar-refractivity contribution in [3.05, 3.63) is 59.7 Å². The first kappa shape index (κ1) is 19.8. The second-order valence-corrected chi connectivity index (χ2v) is 7.89. The maximum atomic E-state index is 12.9. The Bertz CT molecular complexity index is 830. The molecule has 1 fully saturated rings. The highest BCUT2D eigenvalue weighted by Crippen LogP contribution is 2.23. The van der Waals surface area contributed by atoms with Crippen molar-refractivity contribution >= 4 is 5.91 Å². The Balaban J connectivity index is 1.25. The van der Waals surface area contributed by atoms with E-state index >= 15 is 0 Å². The highest BCUT2D eigenvalue weighted by Gasteiger charge is 2.24. The van der Waals surface area contributed by atoms with Crippen molar-refractivity contribution in [3.8, 4) is 11.5 Å². The number of benzene rings is 2. The van der Waals surface area contributed by atoms with E-state index in [0.29, 0.717) is 0 Å². The van der Waals surface area contributed by atoms with Gasteiger partial charge in [-0.15, -0.1) is 0 Å². The number of aryl methyl sites for hydroxylation is 1. The maximum Gasteiger partial charge on any atom is 0.254 e. The molecule has 0 saturated carbocycles. The van der Waals surface area contributed by atoms with Crippen LogP contribution in [0.1, 0.15) is 35.2 Å². The fourth-order valence-electron chi connectivity index (χ4n) is 4.27. The minimum Gasteiger partial charge on any atom is -0.497 e. The van der Waals surface area contributed by atoms with E-state index in [0.717, 1.165) is 75.5 Å². The topological polar surface area (TPSA) is 42.0 Å². The Morgan fingerprint density at radius 3 is 2.59 bits per heavy atom. The monoisotopic (exact) mass is 394 g/mol. The first-order chi connectivity index (χ1) is 14.2. The molecular formula is C24H30N2O3. The summed E-state index contributed by atoms with van der Waals surface area (Å²) in [7, 11) is 1.67. The van der Waals surface area contributed by atoms with Crippen molar-refractivity contribution in [1.82, 2.24) is 9.80 Å². The molecule has 1 saturated heterocycles. The van der Waals surface area contributed by atoms with Crippen LogP contribution in [0, 0.1) is 0 Å². The maximum absolute atomic E-state index is 12.9. The van der Waals surface area contributed by atoms with Gasteiger partial charge in [0.15, 0.2) is 0 Å². The molecule has 0 spiro atoms. The van der Waals surface area contributed by atoms with Crippen LogP contribution in [-0.2, 0) is 6.42 Å². The number of carbonyl (C=O) groups is 1. The smallest absolute Gasteiger partial charge is 0.254 e. The van der Waals surface area contributed by atoms with Gasteiger partial charge in [-0.05, 0) is 49.4 Å². The van der Waals surface area contributed by atoms with Crippen LogP contribution in [0.25, 0.3) is 0 Å². The van der Waals surface area contributed by atoms with Crippen LogP contribution in [0.5, 0.6) is 11.5 Å². The van der Waals surface area contributed by atoms with Crippen molar-refractivity contribution in [3.63, 3.8) is 0 Å². The van der Waals surface area contributed by atoms with Gasteiger partial charge in [-0.25, -0.2) is 0 Å². The molecule has 2 aliphatic rings. The van der Waals surface area contributed by atoms with Gasteiger partial charge in [0.05, 0.1) is 7.11 Å². The molecule has 154 valence electrons. The lowest BCUT2D eigenvalue weighted by Gasteiger charge is -2.33.